The van der Waals surface area contributed by atoms with Crippen LogP contribution < -0.4 is 16.0 Å². The molecule has 1 spiro atoms. The van der Waals surface area contributed by atoms with E-state index in [4.69, 9.17) is 23.2 Å². The van der Waals surface area contributed by atoms with Gasteiger partial charge in [-0.25, -0.2) is 0 Å². The van der Waals surface area contributed by atoms with Gasteiger partial charge in [0.2, 0.25) is 65.0 Å². The van der Waals surface area contributed by atoms with Gasteiger partial charge in [-0.2, -0.15) is 13.2 Å². The molecule has 2 aliphatic heterocycles. The van der Waals surface area contributed by atoms with E-state index < -0.39 is 162 Å². The molecule has 0 aromatic carbocycles. The summed E-state index contributed by atoms with van der Waals surface area (Å²) in [4.78, 5) is 171. The highest BCUT2D eigenvalue weighted by Crippen LogP contribution is 2.44. The normalized spacial score (nSPS) is 31.0. The van der Waals surface area contributed by atoms with Crippen LogP contribution in [0.2, 0.25) is 0 Å². The van der Waals surface area contributed by atoms with Crippen LogP contribution in [-0.4, -0.2) is 244 Å². The number of likely N-dealkylation sites (N-methyl/N-ethyl adjacent to an activating group) is 7. The third-order valence-corrected chi connectivity index (χ3v) is 21.2. The first-order valence-corrected chi connectivity index (χ1v) is 34.2. The third kappa shape index (κ3) is 19.8. The molecule has 3 saturated carbocycles. The SMILES string of the molecule is CC[C@H](C)[C@@H]1NC(=O)[C@H](CC(C)C)N(C)C(=O)C[C@@H](C)N(C)C(=O)[C@H](C(C)C)N(C)C(=O)C2(CCCC2)NC(=O)[C@@H]2CCCN2C(=O)[C@H](CCC2CCC(C(F)(F)F)C(Cl)C2)NC(=O)CN(C)C(=O)[C@H](CC2CCCC(Cl)C2)N(C)C(=O)CN(C)C(=O)CN(C)C1=O. The van der Waals surface area contributed by atoms with E-state index in [2.05, 4.69) is 16.0 Å². The highest BCUT2D eigenvalue weighted by Gasteiger charge is 2.51. The van der Waals surface area contributed by atoms with Crippen molar-refractivity contribution >= 4 is 88.2 Å². The largest absolute Gasteiger partial charge is 0.393 e. The quantitative estimate of drug-likeness (QED) is 0.221. The van der Waals surface area contributed by atoms with Gasteiger partial charge in [-0.15, -0.1) is 23.2 Å². The monoisotopic (exact) mass is 1340 g/mol. The van der Waals surface area contributed by atoms with Crippen molar-refractivity contribution in [2.45, 2.75) is 235 Å². The minimum Gasteiger partial charge on any atom is -0.343 e. The average molecular weight is 1350 g/mol. The Bertz CT molecular complexity index is 2630. The summed E-state index contributed by atoms with van der Waals surface area (Å²) in [5.74, 6) is -9.82. The summed E-state index contributed by atoms with van der Waals surface area (Å²) in [6, 6.07) is -7.64. The minimum atomic E-state index is -4.50. The summed E-state index contributed by atoms with van der Waals surface area (Å²) >= 11 is 13.0. The average Bonchev–Trinajstić information content (AvgIpc) is 1.50. The molecular formula is C65H106Cl2F3N11O11. The number of rotatable bonds is 10. The van der Waals surface area contributed by atoms with Crippen molar-refractivity contribution in [3.05, 3.63) is 0 Å². The summed E-state index contributed by atoms with van der Waals surface area (Å²) < 4.78 is 41.8. The van der Waals surface area contributed by atoms with E-state index in [-0.39, 0.29) is 100 Å². The molecule has 5 fully saturated rings. The van der Waals surface area contributed by atoms with Crippen molar-refractivity contribution in [2.24, 2.45) is 35.5 Å². The number of hydrogen-bond acceptors (Lipinski definition) is 11. The lowest BCUT2D eigenvalue weighted by Crippen LogP contribution is -2.64. The first-order chi connectivity index (χ1) is 42.9. The molecule has 522 valence electrons. The van der Waals surface area contributed by atoms with Gasteiger partial charge in [0.1, 0.15) is 41.8 Å². The molecule has 5 rings (SSSR count). The molecule has 92 heavy (non-hydrogen) atoms. The maximum Gasteiger partial charge on any atom is 0.393 e. The fourth-order valence-electron chi connectivity index (χ4n) is 14.2. The Labute approximate surface area is 553 Å². The van der Waals surface area contributed by atoms with Crippen molar-refractivity contribution in [1.29, 1.82) is 0 Å². The van der Waals surface area contributed by atoms with Crippen molar-refractivity contribution < 1.29 is 65.9 Å². The van der Waals surface area contributed by atoms with Gasteiger partial charge < -0.3 is 55.1 Å². The summed E-state index contributed by atoms with van der Waals surface area (Å²) in [7, 11) is 10.1. The molecule has 5 unspecified atom stereocenters. The number of carbonyl (C=O) groups excluding carboxylic acids is 11. The second-order valence-electron chi connectivity index (χ2n) is 28.2. The zero-order chi connectivity index (χ0) is 69.0. The minimum absolute atomic E-state index is 0.00534. The van der Waals surface area contributed by atoms with Crippen molar-refractivity contribution in [1.82, 2.24) is 55.1 Å². The molecule has 11 amide bonds. The molecule has 0 bridgehead atoms. The lowest BCUT2D eigenvalue weighted by Gasteiger charge is -2.41. The Morgan fingerprint density at radius 1 is 0.609 bits per heavy atom. The maximum absolute atomic E-state index is 15.1. The predicted octanol–water partition coefficient (Wildman–Crippen LogP) is 5.78. The van der Waals surface area contributed by atoms with Gasteiger partial charge in [-0.1, -0.05) is 73.6 Å². The topological polar surface area (TPSA) is 250 Å². The van der Waals surface area contributed by atoms with Gasteiger partial charge >= 0.3 is 6.18 Å². The number of halogens is 5. The zero-order valence-corrected chi connectivity index (χ0v) is 58.4. The molecule has 13 atom stereocenters. The van der Waals surface area contributed by atoms with Crippen molar-refractivity contribution in [3.63, 3.8) is 0 Å². The highest BCUT2D eigenvalue weighted by molar-refractivity contribution is 6.21. The lowest BCUT2D eigenvalue weighted by atomic mass is 9.78. The van der Waals surface area contributed by atoms with E-state index in [0.717, 1.165) is 27.5 Å². The Morgan fingerprint density at radius 3 is 1.82 bits per heavy atom. The summed E-state index contributed by atoms with van der Waals surface area (Å²) in [5, 5.41) is 7.35. The lowest BCUT2D eigenvalue weighted by molar-refractivity contribution is -0.182. The van der Waals surface area contributed by atoms with Crippen molar-refractivity contribution in [3.8, 4) is 0 Å². The molecule has 5 aliphatic rings. The molecule has 0 radical (unpaired) electrons. The number of fused-ring (bicyclic) bond motifs is 1. The van der Waals surface area contributed by atoms with Gasteiger partial charge in [-0.3, -0.25) is 52.7 Å². The molecular weight excluding hydrogens is 1240 g/mol. The number of alkyl halides is 5. The number of nitrogens with one attached hydrogen (secondary N) is 3. The number of hydrogen-bond donors (Lipinski definition) is 3. The fourth-order valence-corrected chi connectivity index (χ4v) is 15.1. The van der Waals surface area contributed by atoms with Gasteiger partial charge in [0.25, 0.3) is 0 Å². The molecule has 2 heterocycles. The van der Waals surface area contributed by atoms with Crippen LogP contribution in [0.15, 0.2) is 0 Å². The van der Waals surface area contributed by atoms with E-state index in [1.54, 1.807) is 27.7 Å². The van der Waals surface area contributed by atoms with E-state index in [1.165, 1.54) is 73.8 Å². The van der Waals surface area contributed by atoms with Crippen LogP contribution in [0.1, 0.15) is 170 Å². The maximum atomic E-state index is 15.1. The third-order valence-electron chi connectivity index (χ3n) is 20.3. The predicted molar refractivity (Wildman–Crippen MR) is 343 cm³/mol. The van der Waals surface area contributed by atoms with Crippen LogP contribution in [0.4, 0.5) is 13.2 Å². The van der Waals surface area contributed by atoms with E-state index >= 15 is 9.59 Å². The van der Waals surface area contributed by atoms with E-state index in [0.29, 0.717) is 38.5 Å². The van der Waals surface area contributed by atoms with Crippen LogP contribution in [0.5, 0.6) is 0 Å². The number of amides is 11. The van der Waals surface area contributed by atoms with Crippen molar-refractivity contribution in [2.75, 3.05) is 75.5 Å². The van der Waals surface area contributed by atoms with Crippen LogP contribution in [0.3, 0.4) is 0 Å². The van der Waals surface area contributed by atoms with Crippen LogP contribution >= 0.6 is 23.2 Å². The van der Waals surface area contributed by atoms with E-state index in [9.17, 15) is 56.3 Å². The van der Waals surface area contributed by atoms with Crippen LogP contribution in [-0.2, 0) is 52.7 Å². The number of carbonyl (C=O) groups is 11. The van der Waals surface area contributed by atoms with E-state index in [1.807, 2.05) is 20.8 Å². The van der Waals surface area contributed by atoms with Gasteiger partial charge in [-0.05, 0) is 120 Å². The Hall–Kier alpha value is -5.46. The summed E-state index contributed by atoms with van der Waals surface area (Å²) in [6.07, 6.45) is 1.05. The first-order valence-electron chi connectivity index (χ1n) is 33.3. The van der Waals surface area contributed by atoms with Gasteiger partial charge in [0, 0.05) is 79.1 Å². The fraction of sp³-hybridized carbons (Fsp3) is 0.831. The molecule has 0 aromatic heterocycles. The Morgan fingerprint density at radius 2 is 1.23 bits per heavy atom. The molecule has 27 heteroatoms. The molecule has 2 saturated heterocycles. The van der Waals surface area contributed by atoms with Crippen LogP contribution in [0, 0.1) is 35.5 Å². The second kappa shape index (κ2) is 33.8. The highest BCUT2D eigenvalue weighted by atomic mass is 35.5. The summed E-state index contributed by atoms with van der Waals surface area (Å²) in [6.45, 7) is 11.1. The zero-order valence-electron chi connectivity index (χ0n) is 56.9. The molecule has 22 nitrogen and oxygen atoms in total. The van der Waals surface area contributed by atoms with Gasteiger partial charge in [0.05, 0.1) is 25.6 Å². The molecule has 3 aliphatic carbocycles. The first kappa shape index (κ1) is 77.2. The molecule has 3 N–H and O–H groups in total. The number of nitrogens with zero attached hydrogens (tertiary/aromatic N) is 8. The van der Waals surface area contributed by atoms with Crippen LogP contribution in [0.25, 0.3) is 0 Å². The van der Waals surface area contributed by atoms with Gasteiger partial charge in [0.15, 0.2) is 0 Å². The second-order valence-corrected chi connectivity index (χ2v) is 29.3. The molecule has 0 aromatic rings. The smallest absolute Gasteiger partial charge is 0.343 e. The Balaban J connectivity index is 1.55. The standard InChI is InChI=1S/C65H106Cl2F3N11O11/c1-15-40(6)55-61(90)76(10)36-53(84)74(8)37-54(85)79(13)50(34-43-20-18-21-44(66)32-43)60(89)75(9)35-51(82)71-47(26-24-42-23-25-45(46(67)33-42)65(68,69)70)59(88)81-29-19-22-48(81)58(87)73-64(27-16-17-28-64)63(92)80(14)56(39(4)5)62(91)77(11)41(7)31-52(83)78(12)49(30-38(2)3)57(86)72-55/h38-50,55-56H,15-37H2,1-14H3,(H,71,82)(H,72,86)(H,73,87)/t40-,41+,42?,43?,44?,45?,46?,47-,48-,49-,50-,55-,56-/m0/s1. The summed E-state index contributed by atoms with van der Waals surface area (Å²) in [5.41, 5.74) is -1.49. The Kier molecular flexibility index (Phi) is 28.4.